The number of thiophene rings is 1. The van der Waals surface area contributed by atoms with E-state index in [2.05, 4.69) is 9.88 Å². The van der Waals surface area contributed by atoms with Gasteiger partial charge in [-0.05, 0) is 19.1 Å². The number of nitrogens with zero attached hydrogens (tertiary/aromatic N) is 1. The van der Waals surface area contributed by atoms with Crippen LogP contribution in [-0.2, 0) is 21.2 Å². The number of anilines is 1. The van der Waals surface area contributed by atoms with Gasteiger partial charge in [0.15, 0.2) is 0 Å². The fourth-order valence-corrected chi connectivity index (χ4v) is 3.66. The van der Waals surface area contributed by atoms with Gasteiger partial charge in [0.05, 0.1) is 12.1 Å². The largest absolute Gasteiger partial charge is 0.481 e. The molecule has 2 heterocycles. The number of rotatable bonds is 5. The summed E-state index contributed by atoms with van der Waals surface area (Å²) in [4.78, 5) is 11.0. The predicted molar refractivity (Wildman–Crippen MR) is 67.7 cm³/mol. The first-order valence-corrected chi connectivity index (χ1v) is 7.43. The molecule has 2 aromatic heterocycles. The van der Waals surface area contributed by atoms with Gasteiger partial charge in [-0.1, -0.05) is 5.16 Å². The van der Waals surface area contributed by atoms with Crippen molar-refractivity contribution in [3.8, 4) is 0 Å². The Labute approximate surface area is 112 Å². The highest BCUT2D eigenvalue weighted by Crippen LogP contribution is 2.24. The van der Waals surface area contributed by atoms with Crippen molar-refractivity contribution in [3.05, 3.63) is 28.8 Å². The number of carbonyl (C=O) groups is 1. The molecule has 19 heavy (non-hydrogen) atoms. The van der Waals surface area contributed by atoms with Crippen LogP contribution in [0, 0.1) is 6.92 Å². The van der Waals surface area contributed by atoms with Gasteiger partial charge in [-0.25, -0.2) is 13.1 Å². The maximum Gasteiger partial charge on any atom is 0.308 e. The van der Waals surface area contributed by atoms with Gasteiger partial charge in [0.1, 0.15) is 4.21 Å². The third kappa shape index (κ3) is 3.32. The Kier molecular flexibility index (Phi) is 3.58. The molecule has 0 bridgehead atoms. The summed E-state index contributed by atoms with van der Waals surface area (Å²) in [5.74, 6) is -0.990. The van der Waals surface area contributed by atoms with Crippen molar-refractivity contribution in [1.29, 1.82) is 0 Å². The zero-order chi connectivity index (χ0) is 14.0. The molecular formula is C10H10N2O5S2. The Balaban J connectivity index is 2.19. The van der Waals surface area contributed by atoms with Gasteiger partial charge in [0.25, 0.3) is 10.0 Å². The molecule has 0 saturated heterocycles. The van der Waals surface area contributed by atoms with E-state index < -0.39 is 16.0 Å². The fraction of sp³-hybridized carbons (Fsp3) is 0.200. The van der Waals surface area contributed by atoms with E-state index in [4.69, 9.17) is 9.63 Å². The number of hydrogen-bond acceptors (Lipinski definition) is 6. The van der Waals surface area contributed by atoms with Gasteiger partial charge in [0.2, 0.25) is 5.88 Å². The summed E-state index contributed by atoms with van der Waals surface area (Å²) in [5, 5.41) is 12.2. The lowest BCUT2D eigenvalue weighted by atomic mass is 10.3. The molecule has 0 amide bonds. The van der Waals surface area contributed by atoms with Crippen LogP contribution >= 0.6 is 11.3 Å². The summed E-state index contributed by atoms with van der Waals surface area (Å²) < 4.78 is 31.0. The molecule has 0 aliphatic rings. The lowest BCUT2D eigenvalue weighted by Gasteiger charge is -2.00. The second-order valence-corrected chi connectivity index (χ2v) is 6.81. The Morgan fingerprint density at radius 1 is 1.53 bits per heavy atom. The van der Waals surface area contributed by atoms with Gasteiger partial charge < -0.3 is 9.63 Å². The molecule has 2 aromatic rings. The van der Waals surface area contributed by atoms with Gasteiger partial charge >= 0.3 is 5.97 Å². The third-order valence-corrected chi connectivity index (χ3v) is 5.01. The number of hydrogen-bond donors (Lipinski definition) is 2. The molecule has 0 radical (unpaired) electrons. The van der Waals surface area contributed by atoms with E-state index in [9.17, 15) is 13.2 Å². The second-order valence-electron chi connectivity index (χ2n) is 3.73. The number of aromatic nitrogens is 1. The zero-order valence-corrected chi connectivity index (χ0v) is 11.4. The highest BCUT2D eigenvalue weighted by atomic mass is 32.2. The van der Waals surface area contributed by atoms with Crippen LogP contribution in [0.2, 0.25) is 0 Å². The van der Waals surface area contributed by atoms with E-state index in [0.29, 0.717) is 10.6 Å². The standard InChI is InChI=1S/C10H10N2O5S2/c1-6-4-8(17-11-6)12-19(15,16)10-3-2-7(18-10)5-9(13)14/h2-4,12H,5H2,1H3,(H,13,14). The van der Waals surface area contributed by atoms with E-state index in [0.717, 1.165) is 11.3 Å². The minimum atomic E-state index is -3.77. The minimum absolute atomic E-state index is 0.0192. The Bertz CT molecular complexity index is 701. The summed E-state index contributed by atoms with van der Waals surface area (Å²) in [6.45, 7) is 1.66. The SMILES string of the molecule is Cc1cc(NS(=O)(=O)c2ccc(CC(=O)O)s2)on1. The summed E-state index contributed by atoms with van der Waals surface area (Å²) in [6.07, 6.45) is -0.207. The molecule has 9 heteroatoms. The quantitative estimate of drug-likeness (QED) is 0.865. The molecular weight excluding hydrogens is 292 g/mol. The molecule has 2 N–H and O–H groups in total. The molecule has 102 valence electrons. The average molecular weight is 302 g/mol. The van der Waals surface area contributed by atoms with Crippen LogP contribution in [-0.4, -0.2) is 24.7 Å². The molecule has 0 aromatic carbocycles. The van der Waals surface area contributed by atoms with Gasteiger partial charge in [-0.2, -0.15) is 0 Å². The molecule has 0 atom stereocenters. The van der Waals surface area contributed by atoms with Crippen molar-refractivity contribution < 1.29 is 22.8 Å². The highest BCUT2D eigenvalue weighted by Gasteiger charge is 2.19. The summed E-state index contributed by atoms with van der Waals surface area (Å²) in [7, 11) is -3.77. The topological polar surface area (TPSA) is 110 Å². The first kappa shape index (κ1) is 13.6. The number of sulfonamides is 1. The van der Waals surface area contributed by atoms with E-state index in [1.807, 2.05) is 0 Å². The van der Waals surface area contributed by atoms with Gasteiger partial charge in [-0.15, -0.1) is 11.3 Å². The number of nitrogens with one attached hydrogen (secondary N) is 1. The first-order valence-electron chi connectivity index (χ1n) is 5.13. The van der Waals surface area contributed by atoms with Crippen molar-refractivity contribution in [3.63, 3.8) is 0 Å². The third-order valence-electron chi connectivity index (χ3n) is 2.09. The summed E-state index contributed by atoms with van der Waals surface area (Å²) in [6, 6.07) is 4.27. The summed E-state index contributed by atoms with van der Waals surface area (Å²) in [5.41, 5.74) is 0.551. The number of carboxylic acid groups (broad SMARTS) is 1. The van der Waals surface area contributed by atoms with Crippen LogP contribution in [0.25, 0.3) is 0 Å². The molecule has 0 fully saturated rings. The van der Waals surface area contributed by atoms with Crippen molar-refractivity contribution >= 4 is 33.2 Å². The normalized spacial score (nSPS) is 11.4. The fourth-order valence-electron chi connectivity index (χ4n) is 1.34. The Hall–Kier alpha value is -1.87. The van der Waals surface area contributed by atoms with Crippen molar-refractivity contribution in [1.82, 2.24) is 5.16 Å². The lowest BCUT2D eigenvalue weighted by Crippen LogP contribution is -2.10. The molecule has 7 nitrogen and oxygen atoms in total. The second kappa shape index (κ2) is 5.02. The van der Waals surface area contributed by atoms with Crippen LogP contribution in [0.5, 0.6) is 0 Å². The van der Waals surface area contributed by atoms with E-state index in [1.165, 1.54) is 18.2 Å². The average Bonchev–Trinajstić information content (AvgIpc) is 2.87. The first-order chi connectivity index (χ1) is 8.87. The van der Waals surface area contributed by atoms with Crippen molar-refractivity contribution in [2.75, 3.05) is 4.72 Å². The van der Waals surface area contributed by atoms with E-state index in [1.54, 1.807) is 6.92 Å². The molecule has 0 aliphatic heterocycles. The Morgan fingerprint density at radius 3 is 2.84 bits per heavy atom. The molecule has 0 spiro atoms. The van der Waals surface area contributed by atoms with E-state index in [-0.39, 0.29) is 16.5 Å². The van der Waals surface area contributed by atoms with Crippen LogP contribution in [0.1, 0.15) is 10.6 Å². The monoisotopic (exact) mass is 302 g/mol. The lowest BCUT2D eigenvalue weighted by molar-refractivity contribution is -0.136. The summed E-state index contributed by atoms with van der Waals surface area (Å²) >= 11 is 0.901. The molecule has 2 rings (SSSR count). The maximum absolute atomic E-state index is 12.0. The van der Waals surface area contributed by atoms with Crippen molar-refractivity contribution in [2.45, 2.75) is 17.6 Å². The predicted octanol–water partition coefficient (Wildman–Crippen LogP) is 1.47. The molecule has 0 aliphatic carbocycles. The number of aliphatic carboxylic acids is 1. The number of aryl methyl sites for hydroxylation is 1. The minimum Gasteiger partial charge on any atom is -0.481 e. The van der Waals surface area contributed by atoms with Gasteiger partial charge in [-0.3, -0.25) is 4.79 Å². The molecule has 0 unspecified atom stereocenters. The van der Waals surface area contributed by atoms with Crippen LogP contribution in [0.3, 0.4) is 0 Å². The maximum atomic E-state index is 12.0. The Morgan fingerprint density at radius 2 is 2.26 bits per heavy atom. The van der Waals surface area contributed by atoms with Crippen LogP contribution in [0.4, 0.5) is 5.88 Å². The van der Waals surface area contributed by atoms with Crippen LogP contribution < -0.4 is 4.72 Å². The highest BCUT2D eigenvalue weighted by molar-refractivity contribution is 7.94. The van der Waals surface area contributed by atoms with Crippen LogP contribution in [0.15, 0.2) is 26.9 Å². The van der Waals surface area contributed by atoms with E-state index >= 15 is 0 Å². The smallest absolute Gasteiger partial charge is 0.308 e. The molecule has 0 saturated carbocycles. The number of carboxylic acids is 1. The van der Waals surface area contributed by atoms with Crippen molar-refractivity contribution in [2.24, 2.45) is 0 Å². The van der Waals surface area contributed by atoms with Gasteiger partial charge in [0, 0.05) is 10.9 Å². The zero-order valence-electron chi connectivity index (χ0n) is 9.78.